The summed E-state index contributed by atoms with van der Waals surface area (Å²) in [4.78, 5) is 1.81. The lowest BCUT2D eigenvalue weighted by Gasteiger charge is -2.43. The first-order valence-electron chi connectivity index (χ1n) is 7.84. The summed E-state index contributed by atoms with van der Waals surface area (Å²) in [6, 6.07) is 0. The number of nitrogens with one attached hydrogen (secondary N) is 1. The van der Waals surface area contributed by atoms with E-state index in [1.807, 2.05) is 11.9 Å². The maximum Gasteiger partial charge on any atom is 0.251 e. The molecule has 0 saturated heterocycles. The zero-order valence-corrected chi connectivity index (χ0v) is 13.8. The number of halogens is 2. The highest BCUT2D eigenvalue weighted by molar-refractivity contribution is 4.90. The van der Waals surface area contributed by atoms with Gasteiger partial charge in [0, 0.05) is 18.6 Å². The molecule has 1 aliphatic rings. The molecule has 20 heavy (non-hydrogen) atoms. The summed E-state index contributed by atoms with van der Waals surface area (Å²) < 4.78 is 25.1. The first-order chi connectivity index (χ1) is 9.12. The van der Waals surface area contributed by atoms with Crippen LogP contribution in [0.15, 0.2) is 0 Å². The van der Waals surface area contributed by atoms with Crippen LogP contribution in [-0.4, -0.2) is 43.5 Å². The molecule has 0 aromatic carbocycles. The van der Waals surface area contributed by atoms with Crippen molar-refractivity contribution in [1.29, 1.82) is 0 Å². The fourth-order valence-corrected chi connectivity index (χ4v) is 3.09. The van der Waals surface area contributed by atoms with Crippen LogP contribution in [0.3, 0.4) is 0 Å². The van der Waals surface area contributed by atoms with Gasteiger partial charge in [0.05, 0.1) is 6.54 Å². The predicted octanol–water partition coefficient (Wildman–Crippen LogP) is 3.77. The molecule has 120 valence electrons. The van der Waals surface area contributed by atoms with Crippen molar-refractivity contribution in [3.05, 3.63) is 0 Å². The number of rotatable bonds is 6. The van der Waals surface area contributed by atoms with Crippen LogP contribution in [-0.2, 0) is 0 Å². The summed E-state index contributed by atoms with van der Waals surface area (Å²) in [6.45, 7) is 10.4. The van der Waals surface area contributed by atoms with E-state index in [0.717, 1.165) is 31.8 Å². The summed E-state index contributed by atoms with van der Waals surface area (Å²) in [5.41, 5.74) is 0.237. The van der Waals surface area contributed by atoms with E-state index in [4.69, 9.17) is 0 Å². The Morgan fingerprint density at radius 3 is 2.25 bits per heavy atom. The summed E-state index contributed by atoms with van der Waals surface area (Å²) >= 11 is 0. The summed E-state index contributed by atoms with van der Waals surface area (Å²) in [6.07, 6.45) is 2.48. The maximum atomic E-state index is 12.5. The van der Waals surface area contributed by atoms with E-state index in [0.29, 0.717) is 0 Å². The summed E-state index contributed by atoms with van der Waals surface area (Å²) in [7, 11) is 1.82. The first-order valence-corrected chi connectivity index (χ1v) is 7.84. The van der Waals surface area contributed by atoms with Gasteiger partial charge in [0.1, 0.15) is 0 Å². The third-order valence-corrected chi connectivity index (χ3v) is 4.38. The maximum absolute atomic E-state index is 12.5. The third kappa shape index (κ3) is 6.49. The van der Waals surface area contributed by atoms with Crippen LogP contribution in [0.25, 0.3) is 0 Å². The van der Waals surface area contributed by atoms with E-state index in [9.17, 15) is 8.78 Å². The molecule has 0 atom stereocenters. The molecule has 1 fully saturated rings. The molecule has 0 heterocycles. The fourth-order valence-electron chi connectivity index (χ4n) is 3.09. The molecule has 0 radical (unpaired) electrons. The summed E-state index contributed by atoms with van der Waals surface area (Å²) in [5.74, 6) is 0.776. The molecule has 0 aromatic heterocycles. The Balaban J connectivity index is 2.64. The topological polar surface area (TPSA) is 15.3 Å². The zero-order chi connectivity index (χ0) is 15.4. The van der Waals surface area contributed by atoms with Crippen LogP contribution in [0.5, 0.6) is 0 Å². The van der Waals surface area contributed by atoms with Gasteiger partial charge in [-0.05, 0) is 52.0 Å². The van der Waals surface area contributed by atoms with E-state index in [1.165, 1.54) is 12.8 Å². The van der Waals surface area contributed by atoms with Crippen LogP contribution in [0, 0.1) is 11.3 Å². The number of hydrogen-bond acceptors (Lipinski definition) is 2. The van der Waals surface area contributed by atoms with Crippen LogP contribution in [0.1, 0.15) is 53.4 Å². The smallest absolute Gasteiger partial charge is 0.251 e. The Kier molecular flexibility index (Phi) is 6.39. The third-order valence-electron chi connectivity index (χ3n) is 4.38. The van der Waals surface area contributed by atoms with Crippen LogP contribution in [0.4, 0.5) is 8.78 Å². The van der Waals surface area contributed by atoms with Crippen LogP contribution < -0.4 is 5.32 Å². The van der Waals surface area contributed by atoms with E-state index in [1.54, 1.807) is 0 Å². The average molecular weight is 290 g/mol. The van der Waals surface area contributed by atoms with E-state index < -0.39 is 6.43 Å². The van der Waals surface area contributed by atoms with Crippen LogP contribution >= 0.6 is 0 Å². The Hall–Kier alpha value is -0.220. The first kappa shape index (κ1) is 17.8. The molecule has 4 heteroatoms. The highest BCUT2D eigenvalue weighted by Crippen LogP contribution is 2.39. The minimum atomic E-state index is -2.24. The molecule has 0 bridgehead atoms. The van der Waals surface area contributed by atoms with Gasteiger partial charge in [-0.1, -0.05) is 19.8 Å². The lowest BCUT2D eigenvalue weighted by molar-refractivity contribution is 0.0501. The Bertz CT molecular complexity index is 279. The van der Waals surface area contributed by atoms with Gasteiger partial charge in [0.25, 0.3) is 6.43 Å². The molecule has 0 unspecified atom stereocenters. The lowest BCUT2D eigenvalue weighted by atomic mass is 9.70. The molecule has 0 aliphatic heterocycles. The van der Waals surface area contributed by atoms with Gasteiger partial charge in [-0.15, -0.1) is 0 Å². The van der Waals surface area contributed by atoms with Crippen molar-refractivity contribution in [3.63, 3.8) is 0 Å². The average Bonchev–Trinajstić information content (AvgIpc) is 2.28. The van der Waals surface area contributed by atoms with E-state index in [-0.39, 0.29) is 17.5 Å². The van der Waals surface area contributed by atoms with Crippen molar-refractivity contribution >= 4 is 0 Å². The number of hydrogen-bond donors (Lipinski definition) is 1. The fraction of sp³-hybridized carbons (Fsp3) is 1.00. The minimum absolute atomic E-state index is 0.0807. The van der Waals surface area contributed by atoms with Gasteiger partial charge in [-0.3, -0.25) is 0 Å². The van der Waals surface area contributed by atoms with Crippen molar-refractivity contribution < 1.29 is 8.78 Å². The summed E-state index contributed by atoms with van der Waals surface area (Å²) in [5, 5.41) is 3.59. The normalized spacial score (nSPS) is 28.4. The lowest BCUT2D eigenvalue weighted by Crippen LogP contribution is -2.50. The van der Waals surface area contributed by atoms with Crippen molar-refractivity contribution in [2.45, 2.75) is 65.3 Å². The SMILES string of the molecule is CC1CCC(CNC(C)(C)C)(CN(C)CC(F)F)CC1. The molecule has 1 N–H and O–H groups in total. The van der Waals surface area contributed by atoms with Gasteiger partial charge < -0.3 is 10.2 Å². The minimum Gasteiger partial charge on any atom is -0.311 e. The number of alkyl halides is 2. The van der Waals surface area contributed by atoms with Gasteiger partial charge in [0.2, 0.25) is 0 Å². The van der Waals surface area contributed by atoms with Gasteiger partial charge in [-0.25, -0.2) is 8.78 Å². The van der Waals surface area contributed by atoms with Crippen LogP contribution in [0.2, 0.25) is 0 Å². The molecular weight excluding hydrogens is 258 g/mol. The Morgan fingerprint density at radius 2 is 1.80 bits per heavy atom. The molecule has 0 aromatic rings. The molecule has 1 rings (SSSR count). The highest BCUT2D eigenvalue weighted by atomic mass is 19.3. The quantitative estimate of drug-likeness (QED) is 0.801. The second kappa shape index (κ2) is 7.17. The molecule has 1 aliphatic carbocycles. The number of nitrogens with zero attached hydrogens (tertiary/aromatic N) is 1. The molecule has 2 nitrogen and oxygen atoms in total. The second-order valence-corrected chi connectivity index (χ2v) is 7.87. The Labute approximate surface area is 123 Å². The predicted molar refractivity (Wildman–Crippen MR) is 81.3 cm³/mol. The zero-order valence-electron chi connectivity index (χ0n) is 13.8. The molecule has 1 saturated carbocycles. The molecule has 0 amide bonds. The molecule has 0 spiro atoms. The largest absolute Gasteiger partial charge is 0.311 e. The molecular formula is C16H32F2N2. The van der Waals surface area contributed by atoms with Crippen molar-refractivity contribution in [2.75, 3.05) is 26.7 Å². The highest BCUT2D eigenvalue weighted by Gasteiger charge is 2.36. The van der Waals surface area contributed by atoms with Gasteiger partial charge in [0.15, 0.2) is 0 Å². The second-order valence-electron chi connectivity index (χ2n) is 7.87. The van der Waals surface area contributed by atoms with E-state index >= 15 is 0 Å². The Morgan fingerprint density at radius 1 is 1.25 bits per heavy atom. The monoisotopic (exact) mass is 290 g/mol. The van der Waals surface area contributed by atoms with Gasteiger partial charge >= 0.3 is 0 Å². The van der Waals surface area contributed by atoms with Crippen molar-refractivity contribution in [2.24, 2.45) is 11.3 Å². The van der Waals surface area contributed by atoms with Crippen molar-refractivity contribution in [1.82, 2.24) is 10.2 Å². The standard InChI is InChI=1S/C16H32F2N2/c1-13-6-8-16(9-7-13,11-19-15(2,3)4)12-20(5)10-14(17)18/h13-14,19H,6-12H2,1-5H3. The van der Waals surface area contributed by atoms with Gasteiger partial charge in [-0.2, -0.15) is 0 Å². The van der Waals surface area contributed by atoms with E-state index in [2.05, 4.69) is 33.0 Å². The van der Waals surface area contributed by atoms with Crippen molar-refractivity contribution in [3.8, 4) is 0 Å².